The monoisotopic (exact) mass is 218 g/mol. The molecule has 1 aliphatic rings. The molecule has 0 aliphatic carbocycles. The molecule has 0 amide bonds. The normalized spacial score (nSPS) is 21.5. The van der Waals surface area contributed by atoms with Crippen LogP contribution in [0.25, 0.3) is 0 Å². The largest absolute Gasteiger partial charge is 0.299 e. The highest BCUT2D eigenvalue weighted by Crippen LogP contribution is 2.22. The molecule has 0 radical (unpaired) electrons. The van der Waals surface area contributed by atoms with Crippen molar-refractivity contribution in [3.63, 3.8) is 0 Å². The Morgan fingerprint density at radius 2 is 2.44 bits per heavy atom. The summed E-state index contributed by atoms with van der Waals surface area (Å²) in [6.07, 6.45) is 5.44. The molecule has 86 valence electrons. The lowest BCUT2D eigenvalue weighted by molar-refractivity contribution is 0.262. The third-order valence-corrected chi connectivity index (χ3v) is 3.24. The van der Waals surface area contributed by atoms with Gasteiger partial charge in [-0.3, -0.25) is 9.58 Å². The molecule has 0 saturated carbocycles. The molecule has 1 unspecified atom stereocenters. The summed E-state index contributed by atoms with van der Waals surface area (Å²) in [6, 6.07) is 3.24. The molecular weight excluding hydrogens is 200 g/mol. The molecule has 1 atom stereocenters. The SMILES string of the molecule is CC(C)N1CCC(n2cc(CC#N)cn2)C1. The van der Waals surface area contributed by atoms with Crippen LogP contribution in [0.4, 0.5) is 0 Å². The van der Waals surface area contributed by atoms with Crippen LogP contribution in [0, 0.1) is 11.3 Å². The van der Waals surface area contributed by atoms with Gasteiger partial charge in [-0.25, -0.2) is 0 Å². The molecule has 1 aromatic rings. The fourth-order valence-corrected chi connectivity index (χ4v) is 2.21. The summed E-state index contributed by atoms with van der Waals surface area (Å²) in [5, 5.41) is 13.0. The van der Waals surface area contributed by atoms with E-state index < -0.39 is 0 Å². The van der Waals surface area contributed by atoms with Gasteiger partial charge in [-0.1, -0.05) is 0 Å². The number of nitrogens with zero attached hydrogens (tertiary/aromatic N) is 4. The van der Waals surface area contributed by atoms with Gasteiger partial charge in [0.15, 0.2) is 0 Å². The van der Waals surface area contributed by atoms with E-state index in [-0.39, 0.29) is 0 Å². The Morgan fingerprint density at radius 3 is 3.06 bits per heavy atom. The molecule has 4 heteroatoms. The van der Waals surface area contributed by atoms with E-state index >= 15 is 0 Å². The highest BCUT2D eigenvalue weighted by molar-refractivity contribution is 5.10. The predicted molar refractivity (Wildman–Crippen MR) is 61.9 cm³/mol. The van der Waals surface area contributed by atoms with Crippen molar-refractivity contribution in [3.8, 4) is 6.07 Å². The van der Waals surface area contributed by atoms with E-state index in [0.717, 1.165) is 25.1 Å². The van der Waals surface area contributed by atoms with E-state index in [1.54, 1.807) is 6.20 Å². The van der Waals surface area contributed by atoms with Crippen LogP contribution in [0.3, 0.4) is 0 Å². The van der Waals surface area contributed by atoms with Crippen molar-refractivity contribution in [2.75, 3.05) is 13.1 Å². The first-order valence-electron chi connectivity index (χ1n) is 5.84. The van der Waals surface area contributed by atoms with Crippen molar-refractivity contribution in [1.82, 2.24) is 14.7 Å². The van der Waals surface area contributed by atoms with Crippen LogP contribution in [0.1, 0.15) is 31.9 Å². The second-order valence-electron chi connectivity index (χ2n) is 4.69. The van der Waals surface area contributed by atoms with Crippen LogP contribution in [0.2, 0.25) is 0 Å². The molecule has 1 saturated heterocycles. The lowest BCUT2D eigenvalue weighted by atomic mass is 10.2. The van der Waals surface area contributed by atoms with Gasteiger partial charge in [0.05, 0.1) is 24.7 Å². The summed E-state index contributed by atoms with van der Waals surface area (Å²) in [7, 11) is 0. The van der Waals surface area contributed by atoms with Crippen LogP contribution in [-0.2, 0) is 6.42 Å². The molecule has 1 fully saturated rings. The van der Waals surface area contributed by atoms with Crippen molar-refractivity contribution in [2.24, 2.45) is 0 Å². The Morgan fingerprint density at radius 1 is 1.62 bits per heavy atom. The zero-order chi connectivity index (χ0) is 11.5. The molecule has 16 heavy (non-hydrogen) atoms. The van der Waals surface area contributed by atoms with Crippen molar-refractivity contribution in [2.45, 2.75) is 38.8 Å². The van der Waals surface area contributed by atoms with Crippen LogP contribution in [0.5, 0.6) is 0 Å². The first kappa shape index (κ1) is 11.2. The Kier molecular flexibility index (Phi) is 3.25. The van der Waals surface area contributed by atoms with Crippen molar-refractivity contribution < 1.29 is 0 Å². The van der Waals surface area contributed by atoms with Crippen LogP contribution < -0.4 is 0 Å². The van der Waals surface area contributed by atoms with Gasteiger partial charge in [0.25, 0.3) is 0 Å². The van der Waals surface area contributed by atoms with Crippen molar-refractivity contribution in [1.29, 1.82) is 5.26 Å². The number of hydrogen-bond acceptors (Lipinski definition) is 3. The lowest BCUT2D eigenvalue weighted by Crippen LogP contribution is -2.28. The predicted octanol–water partition coefficient (Wildman–Crippen LogP) is 1.60. The summed E-state index contributed by atoms with van der Waals surface area (Å²) in [6.45, 7) is 6.68. The molecule has 4 nitrogen and oxygen atoms in total. The zero-order valence-corrected chi connectivity index (χ0v) is 9.93. The van der Waals surface area contributed by atoms with Gasteiger partial charge in [0, 0.05) is 30.9 Å². The van der Waals surface area contributed by atoms with Crippen LogP contribution >= 0.6 is 0 Å². The Labute approximate surface area is 96.5 Å². The number of rotatable bonds is 3. The number of likely N-dealkylation sites (tertiary alicyclic amines) is 1. The van der Waals surface area contributed by atoms with Gasteiger partial charge in [0.2, 0.25) is 0 Å². The molecule has 0 N–H and O–H groups in total. The van der Waals surface area contributed by atoms with E-state index in [1.165, 1.54) is 0 Å². The van der Waals surface area contributed by atoms with E-state index in [0.29, 0.717) is 18.5 Å². The minimum Gasteiger partial charge on any atom is -0.299 e. The molecule has 2 heterocycles. The number of aromatic nitrogens is 2. The van der Waals surface area contributed by atoms with Gasteiger partial charge < -0.3 is 0 Å². The smallest absolute Gasteiger partial charge is 0.0670 e. The van der Waals surface area contributed by atoms with Gasteiger partial charge in [-0.2, -0.15) is 10.4 Å². The standard InChI is InChI=1S/C12H18N4/c1-10(2)15-6-4-12(9-15)16-8-11(3-5-13)7-14-16/h7-8,10,12H,3-4,6,9H2,1-2H3. The molecule has 0 aromatic carbocycles. The third kappa shape index (κ3) is 2.25. The molecule has 0 bridgehead atoms. The fourth-order valence-electron chi connectivity index (χ4n) is 2.21. The molecule has 1 aromatic heterocycles. The first-order chi connectivity index (χ1) is 7.70. The second-order valence-corrected chi connectivity index (χ2v) is 4.69. The first-order valence-corrected chi connectivity index (χ1v) is 5.84. The Hall–Kier alpha value is -1.34. The summed E-state index contributed by atoms with van der Waals surface area (Å²) in [5.74, 6) is 0. The highest BCUT2D eigenvalue weighted by Gasteiger charge is 2.25. The maximum atomic E-state index is 8.61. The van der Waals surface area contributed by atoms with Gasteiger partial charge in [0.1, 0.15) is 0 Å². The highest BCUT2D eigenvalue weighted by atomic mass is 15.3. The van der Waals surface area contributed by atoms with Crippen LogP contribution in [0.15, 0.2) is 12.4 Å². The maximum absolute atomic E-state index is 8.61. The minimum atomic E-state index is 0.459. The van der Waals surface area contributed by atoms with Gasteiger partial charge >= 0.3 is 0 Å². The molecule has 0 spiro atoms. The zero-order valence-electron chi connectivity index (χ0n) is 9.93. The summed E-state index contributed by atoms with van der Waals surface area (Å²) >= 11 is 0. The summed E-state index contributed by atoms with van der Waals surface area (Å²) in [4.78, 5) is 2.47. The second kappa shape index (κ2) is 4.67. The summed E-state index contributed by atoms with van der Waals surface area (Å²) in [5.41, 5.74) is 1.02. The molecule has 2 rings (SSSR count). The van der Waals surface area contributed by atoms with Gasteiger partial charge in [-0.15, -0.1) is 0 Å². The number of nitriles is 1. The molecular formula is C12H18N4. The quantitative estimate of drug-likeness (QED) is 0.774. The summed E-state index contributed by atoms with van der Waals surface area (Å²) < 4.78 is 2.02. The Bertz CT molecular complexity index is 388. The van der Waals surface area contributed by atoms with E-state index in [1.807, 2.05) is 10.9 Å². The van der Waals surface area contributed by atoms with E-state index in [9.17, 15) is 0 Å². The maximum Gasteiger partial charge on any atom is 0.0670 e. The van der Waals surface area contributed by atoms with E-state index in [4.69, 9.17) is 5.26 Å². The van der Waals surface area contributed by atoms with Gasteiger partial charge in [-0.05, 0) is 20.3 Å². The minimum absolute atomic E-state index is 0.459. The topological polar surface area (TPSA) is 44.9 Å². The van der Waals surface area contributed by atoms with Crippen LogP contribution in [-0.4, -0.2) is 33.8 Å². The molecule has 1 aliphatic heterocycles. The Balaban J connectivity index is 2.00. The average Bonchev–Trinajstić information content (AvgIpc) is 2.84. The van der Waals surface area contributed by atoms with Crippen molar-refractivity contribution in [3.05, 3.63) is 18.0 Å². The number of hydrogen-bond donors (Lipinski definition) is 0. The fraction of sp³-hybridized carbons (Fsp3) is 0.667. The third-order valence-electron chi connectivity index (χ3n) is 3.24. The average molecular weight is 218 g/mol. The van der Waals surface area contributed by atoms with Crippen molar-refractivity contribution >= 4 is 0 Å². The van der Waals surface area contributed by atoms with E-state index in [2.05, 4.69) is 29.9 Å². The lowest BCUT2D eigenvalue weighted by Gasteiger charge is -2.20.